The van der Waals surface area contributed by atoms with E-state index in [1.54, 1.807) is 0 Å². The zero-order valence-corrected chi connectivity index (χ0v) is 9.98. The highest BCUT2D eigenvalue weighted by Crippen LogP contribution is 2.14. The minimum atomic E-state index is -0.857. The summed E-state index contributed by atoms with van der Waals surface area (Å²) in [7, 11) is 0. The number of hydrogen-bond donors (Lipinski definition) is 1. The van der Waals surface area contributed by atoms with Gasteiger partial charge < -0.3 is 14.6 Å². The molecule has 0 aliphatic carbocycles. The molecule has 0 aromatic rings. The van der Waals surface area contributed by atoms with E-state index in [4.69, 9.17) is 14.6 Å². The maximum Gasteiger partial charge on any atom is 0.332 e. The van der Waals surface area contributed by atoms with Crippen molar-refractivity contribution in [1.29, 1.82) is 0 Å². The first-order chi connectivity index (χ1) is 7.74. The Morgan fingerprint density at radius 2 is 2.38 bits per heavy atom. The van der Waals surface area contributed by atoms with Gasteiger partial charge in [-0.3, -0.25) is 0 Å². The molecule has 1 aliphatic rings. The van der Waals surface area contributed by atoms with Crippen LogP contribution >= 0.6 is 0 Å². The maximum atomic E-state index is 10.9. The lowest BCUT2D eigenvalue weighted by atomic mass is 10.1. The molecule has 1 heterocycles. The normalized spacial score (nSPS) is 22.9. The molecule has 0 spiro atoms. The molecule has 4 heteroatoms. The molecule has 1 fully saturated rings. The molecule has 1 rings (SSSR count). The van der Waals surface area contributed by atoms with Crippen LogP contribution in [0.15, 0.2) is 0 Å². The lowest BCUT2D eigenvalue weighted by Gasteiger charge is -2.24. The minimum Gasteiger partial charge on any atom is -0.479 e. The van der Waals surface area contributed by atoms with Gasteiger partial charge in [-0.1, -0.05) is 19.8 Å². The third kappa shape index (κ3) is 4.94. The summed E-state index contributed by atoms with van der Waals surface area (Å²) in [6.07, 6.45) is 5.16. The van der Waals surface area contributed by atoms with Crippen molar-refractivity contribution in [2.75, 3.05) is 13.2 Å². The van der Waals surface area contributed by atoms with E-state index >= 15 is 0 Å². The van der Waals surface area contributed by atoms with Gasteiger partial charge in [-0.05, 0) is 25.7 Å². The van der Waals surface area contributed by atoms with Crippen LogP contribution in [0.4, 0.5) is 0 Å². The van der Waals surface area contributed by atoms with E-state index in [-0.39, 0.29) is 6.10 Å². The second-order valence-electron chi connectivity index (χ2n) is 4.29. The zero-order valence-electron chi connectivity index (χ0n) is 9.98. The highest BCUT2D eigenvalue weighted by atomic mass is 16.5. The number of hydrogen-bond acceptors (Lipinski definition) is 3. The Morgan fingerprint density at radius 1 is 1.56 bits per heavy atom. The van der Waals surface area contributed by atoms with Crippen LogP contribution in [0, 0.1) is 0 Å². The van der Waals surface area contributed by atoms with Gasteiger partial charge in [0.15, 0.2) is 6.10 Å². The highest BCUT2D eigenvalue weighted by molar-refractivity contribution is 5.72. The van der Waals surface area contributed by atoms with Crippen molar-refractivity contribution in [2.45, 2.75) is 57.7 Å². The van der Waals surface area contributed by atoms with Crippen molar-refractivity contribution in [2.24, 2.45) is 0 Å². The topological polar surface area (TPSA) is 55.8 Å². The van der Waals surface area contributed by atoms with Crippen LogP contribution in [0.5, 0.6) is 0 Å². The van der Waals surface area contributed by atoms with Crippen LogP contribution in [0.3, 0.4) is 0 Å². The molecular formula is C12H22O4. The van der Waals surface area contributed by atoms with Crippen molar-refractivity contribution in [3.63, 3.8) is 0 Å². The molecule has 2 unspecified atom stereocenters. The van der Waals surface area contributed by atoms with Gasteiger partial charge in [0.05, 0.1) is 12.7 Å². The van der Waals surface area contributed by atoms with E-state index in [0.717, 1.165) is 38.7 Å². The average molecular weight is 230 g/mol. The Balaban J connectivity index is 2.22. The first-order valence-corrected chi connectivity index (χ1v) is 6.20. The predicted molar refractivity (Wildman–Crippen MR) is 60.5 cm³/mol. The quantitative estimate of drug-likeness (QED) is 0.728. The summed E-state index contributed by atoms with van der Waals surface area (Å²) in [6.45, 7) is 3.24. The summed E-state index contributed by atoms with van der Waals surface area (Å²) in [6, 6.07) is 0. The van der Waals surface area contributed by atoms with Gasteiger partial charge >= 0.3 is 5.97 Å². The summed E-state index contributed by atoms with van der Waals surface area (Å²) < 4.78 is 10.9. The predicted octanol–water partition coefficient (Wildman–Crippen LogP) is 2.22. The molecule has 16 heavy (non-hydrogen) atoms. The van der Waals surface area contributed by atoms with Crippen LogP contribution in [0.2, 0.25) is 0 Å². The summed E-state index contributed by atoms with van der Waals surface area (Å²) >= 11 is 0. The summed E-state index contributed by atoms with van der Waals surface area (Å²) in [4.78, 5) is 10.9. The Morgan fingerprint density at radius 3 is 2.94 bits per heavy atom. The number of carboxylic acids is 1. The summed E-state index contributed by atoms with van der Waals surface area (Å²) in [5, 5.41) is 8.96. The Hall–Kier alpha value is -0.610. The van der Waals surface area contributed by atoms with Crippen LogP contribution < -0.4 is 0 Å². The Kier molecular flexibility index (Phi) is 6.42. The third-order valence-electron chi connectivity index (χ3n) is 2.85. The maximum absolute atomic E-state index is 10.9. The van der Waals surface area contributed by atoms with Crippen LogP contribution in [0.25, 0.3) is 0 Å². The van der Waals surface area contributed by atoms with Crippen molar-refractivity contribution in [3.05, 3.63) is 0 Å². The van der Waals surface area contributed by atoms with E-state index in [1.807, 2.05) is 6.92 Å². The molecule has 1 aliphatic heterocycles. The molecule has 2 atom stereocenters. The molecule has 4 nitrogen and oxygen atoms in total. The van der Waals surface area contributed by atoms with Gasteiger partial charge in [-0.2, -0.15) is 0 Å². The largest absolute Gasteiger partial charge is 0.479 e. The number of carbonyl (C=O) groups is 1. The molecule has 1 saturated heterocycles. The van der Waals surface area contributed by atoms with Crippen molar-refractivity contribution in [1.82, 2.24) is 0 Å². The third-order valence-corrected chi connectivity index (χ3v) is 2.85. The van der Waals surface area contributed by atoms with Gasteiger partial charge in [-0.15, -0.1) is 0 Å². The fourth-order valence-corrected chi connectivity index (χ4v) is 1.83. The van der Waals surface area contributed by atoms with Crippen LogP contribution in [-0.4, -0.2) is 36.5 Å². The lowest BCUT2D eigenvalue weighted by Crippen LogP contribution is -2.31. The first-order valence-electron chi connectivity index (χ1n) is 6.20. The SMILES string of the molecule is CCCCC(OCC1CCCCO1)C(=O)O. The fraction of sp³-hybridized carbons (Fsp3) is 0.917. The molecule has 0 aromatic carbocycles. The van der Waals surface area contributed by atoms with Crippen LogP contribution in [0.1, 0.15) is 45.4 Å². The first kappa shape index (κ1) is 13.5. The number of carboxylic acid groups (broad SMARTS) is 1. The lowest BCUT2D eigenvalue weighted by molar-refractivity contribution is -0.154. The molecule has 0 bridgehead atoms. The molecule has 94 valence electrons. The molecular weight excluding hydrogens is 208 g/mol. The van der Waals surface area contributed by atoms with E-state index in [2.05, 4.69) is 0 Å². The van der Waals surface area contributed by atoms with Gasteiger partial charge in [0, 0.05) is 6.61 Å². The van der Waals surface area contributed by atoms with Crippen molar-refractivity contribution in [3.8, 4) is 0 Å². The van der Waals surface area contributed by atoms with E-state index in [9.17, 15) is 4.79 Å². The van der Waals surface area contributed by atoms with Gasteiger partial charge in [0.2, 0.25) is 0 Å². The highest BCUT2D eigenvalue weighted by Gasteiger charge is 2.21. The molecule has 0 aromatic heterocycles. The fourth-order valence-electron chi connectivity index (χ4n) is 1.83. The molecule has 0 saturated carbocycles. The second-order valence-corrected chi connectivity index (χ2v) is 4.29. The zero-order chi connectivity index (χ0) is 11.8. The number of ether oxygens (including phenoxy) is 2. The second kappa shape index (κ2) is 7.63. The summed E-state index contributed by atoms with van der Waals surface area (Å²) in [5.74, 6) is -0.857. The van der Waals surface area contributed by atoms with Crippen LogP contribution in [-0.2, 0) is 14.3 Å². The smallest absolute Gasteiger partial charge is 0.332 e. The van der Waals surface area contributed by atoms with E-state index < -0.39 is 12.1 Å². The minimum absolute atomic E-state index is 0.0947. The Labute approximate surface area is 96.9 Å². The number of rotatable bonds is 7. The molecule has 0 radical (unpaired) electrons. The summed E-state index contributed by atoms with van der Waals surface area (Å²) in [5.41, 5.74) is 0. The molecule has 1 N–H and O–H groups in total. The number of aliphatic carboxylic acids is 1. The van der Waals surface area contributed by atoms with E-state index in [1.165, 1.54) is 0 Å². The monoisotopic (exact) mass is 230 g/mol. The van der Waals surface area contributed by atoms with Gasteiger partial charge in [-0.25, -0.2) is 4.79 Å². The number of unbranched alkanes of at least 4 members (excludes halogenated alkanes) is 1. The van der Waals surface area contributed by atoms with Crippen molar-refractivity contribution >= 4 is 5.97 Å². The average Bonchev–Trinajstić information content (AvgIpc) is 2.30. The molecule has 0 amide bonds. The van der Waals surface area contributed by atoms with Gasteiger partial charge in [0.25, 0.3) is 0 Å². The standard InChI is InChI=1S/C12H22O4/c1-2-3-7-11(12(13)14)16-9-10-6-4-5-8-15-10/h10-11H,2-9H2,1H3,(H,13,14). The van der Waals surface area contributed by atoms with E-state index in [0.29, 0.717) is 13.0 Å². The van der Waals surface area contributed by atoms with Gasteiger partial charge in [0.1, 0.15) is 0 Å². The Bertz CT molecular complexity index is 199. The van der Waals surface area contributed by atoms with Crippen molar-refractivity contribution < 1.29 is 19.4 Å².